The second-order valence-electron chi connectivity index (χ2n) is 5.47. The van der Waals surface area contributed by atoms with Gasteiger partial charge in [-0.05, 0) is 24.3 Å². The molecule has 1 aromatic rings. The molecule has 0 radical (unpaired) electrons. The van der Waals surface area contributed by atoms with Gasteiger partial charge in [-0.3, -0.25) is 0 Å². The van der Waals surface area contributed by atoms with Gasteiger partial charge in [-0.15, -0.1) is 11.3 Å². The fraction of sp³-hybridized carbons (Fsp3) is 0.769. The Labute approximate surface area is 103 Å². The molecule has 0 amide bonds. The topological polar surface area (TPSA) is 24.9 Å². The van der Waals surface area contributed by atoms with Crippen LogP contribution in [0.1, 0.15) is 44.5 Å². The number of hydrogen-bond donors (Lipinski definition) is 1. The molecule has 1 unspecified atom stereocenters. The van der Waals surface area contributed by atoms with Gasteiger partial charge in [0.15, 0.2) is 0 Å². The van der Waals surface area contributed by atoms with Crippen LogP contribution in [0.2, 0.25) is 0 Å². The molecule has 0 saturated heterocycles. The zero-order valence-corrected chi connectivity index (χ0v) is 11.9. The van der Waals surface area contributed by atoms with Gasteiger partial charge >= 0.3 is 0 Å². The minimum atomic E-state index is 0.384. The van der Waals surface area contributed by atoms with Gasteiger partial charge in [0, 0.05) is 17.6 Å². The summed E-state index contributed by atoms with van der Waals surface area (Å²) in [6, 6.07) is 0. The molecular formula is C13H24N2S. The Kier molecular flexibility index (Phi) is 4.93. The number of rotatable bonds is 5. The summed E-state index contributed by atoms with van der Waals surface area (Å²) in [5.74, 6) is 0.686. The zero-order chi connectivity index (χ0) is 12.2. The van der Waals surface area contributed by atoms with Gasteiger partial charge in [-0.2, -0.15) is 0 Å². The van der Waals surface area contributed by atoms with Crippen molar-refractivity contribution in [2.45, 2.75) is 47.6 Å². The van der Waals surface area contributed by atoms with Crippen molar-refractivity contribution in [1.29, 1.82) is 0 Å². The number of nitrogens with one attached hydrogen (secondary N) is 1. The molecule has 92 valence electrons. The predicted molar refractivity (Wildman–Crippen MR) is 71.8 cm³/mol. The summed E-state index contributed by atoms with van der Waals surface area (Å²) >= 11 is 1.82. The maximum absolute atomic E-state index is 4.36. The molecule has 0 saturated carbocycles. The van der Waals surface area contributed by atoms with E-state index in [1.54, 1.807) is 0 Å². The molecule has 16 heavy (non-hydrogen) atoms. The van der Waals surface area contributed by atoms with Crippen LogP contribution in [0, 0.1) is 11.3 Å². The van der Waals surface area contributed by atoms with E-state index in [2.05, 4.69) is 44.9 Å². The van der Waals surface area contributed by atoms with E-state index in [0.29, 0.717) is 11.3 Å². The average molecular weight is 240 g/mol. The van der Waals surface area contributed by atoms with Crippen LogP contribution in [0.15, 0.2) is 6.20 Å². The van der Waals surface area contributed by atoms with E-state index < -0.39 is 0 Å². The van der Waals surface area contributed by atoms with Crippen LogP contribution in [0.4, 0.5) is 0 Å². The van der Waals surface area contributed by atoms with Crippen LogP contribution in [-0.2, 0) is 13.0 Å². The summed E-state index contributed by atoms with van der Waals surface area (Å²) in [6.45, 7) is 13.4. The molecule has 2 nitrogen and oxygen atoms in total. The van der Waals surface area contributed by atoms with Crippen molar-refractivity contribution in [1.82, 2.24) is 10.3 Å². The lowest BCUT2D eigenvalue weighted by atomic mass is 9.82. The normalized spacial score (nSPS) is 14.1. The highest BCUT2D eigenvalue weighted by atomic mass is 32.1. The highest BCUT2D eigenvalue weighted by Crippen LogP contribution is 2.24. The number of thiazole rings is 1. The van der Waals surface area contributed by atoms with Gasteiger partial charge in [0.25, 0.3) is 0 Å². The Hall–Kier alpha value is -0.410. The van der Waals surface area contributed by atoms with E-state index >= 15 is 0 Å². The van der Waals surface area contributed by atoms with Crippen molar-refractivity contribution in [3.05, 3.63) is 16.1 Å². The molecule has 0 aromatic carbocycles. The van der Waals surface area contributed by atoms with E-state index in [1.807, 2.05) is 17.5 Å². The van der Waals surface area contributed by atoms with Gasteiger partial charge in [-0.1, -0.05) is 34.6 Å². The second kappa shape index (κ2) is 5.78. The molecule has 3 heteroatoms. The monoisotopic (exact) mass is 240 g/mol. The van der Waals surface area contributed by atoms with Crippen LogP contribution in [0.25, 0.3) is 0 Å². The van der Waals surface area contributed by atoms with Gasteiger partial charge in [0.1, 0.15) is 0 Å². The maximum atomic E-state index is 4.36. The zero-order valence-electron chi connectivity index (χ0n) is 11.1. The first-order chi connectivity index (χ1) is 7.43. The van der Waals surface area contributed by atoms with E-state index in [0.717, 1.165) is 19.5 Å². The van der Waals surface area contributed by atoms with Crippen LogP contribution in [0.3, 0.4) is 0 Å². The summed E-state index contributed by atoms with van der Waals surface area (Å²) in [7, 11) is 0. The summed E-state index contributed by atoms with van der Waals surface area (Å²) in [4.78, 5) is 5.71. The molecule has 0 spiro atoms. The smallest absolute Gasteiger partial charge is 0.0925 e. The van der Waals surface area contributed by atoms with Crippen molar-refractivity contribution in [3.8, 4) is 0 Å². The van der Waals surface area contributed by atoms with Crippen molar-refractivity contribution < 1.29 is 0 Å². The van der Waals surface area contributed by atoms with Crippen LogP contribution >= 0.6 is 11.3 Å². The number of aromatic nitrogens is 1. The van der Waals surface area contributed by atoms with Gasteiger partial charge in [-0.25, -0.2) is 4.98 Å². The number of aryl methyl sites for hydroxylation is 1. The molecule has 1 atom stereocenters. The van der Waals surface area contributed by atoms with E-state index in [4.69, 9.17) is 0 Å². The molecule has 1 N–H and O–H groups in total. The number of nitrogens with zero attached hydrogens (tertiary/aromatic N) is 1. The van der Waals surface area contributed by atoms with Crippen molar-refractivity contribution in [3.63, 3.8) is 0 Å². The van der Waals surface area contributed by atoms with Crippen molar-refractivity contribution in [2.24, 2.45) is 11.3 Å². The second-order valence-corrected chi connectivity index (χ2v) is 6.67. The minimum Gasteiger partial charge on any atom is -0.312 e. The van der Waals surface area contributed by atoms with Crippen LogP contribution in [-0.4, -0.2) is 11.5 Å². The molecule has 1 rings (SSSR count). The fourth-order valence-electron chi connectivity index (χ4n) is 1.31. The first kappa shape index (κ1) is 13.7. The lowest BCUT2D eigenvalue weighted by Gasteiger charge is -2.27. The van der Waals surface area contributed by atoms with Crippen molar-refractivity contribution in [2.75, 3.05) is 6.54 Å². The lowest BCUT2D eigenvalue weighted by molar-refractivity contribution is 0.253. The Morgan fingerprint density at radius 1 is 1.44 bits per heavy atom. The Morgan fingerprint density at radius 3 is 2.62 bits per heavy atom. The first-order valence-electron chi connectivity index (χ1n) is 6.07. The highest BCUT2D eigenvalue weighted by molar-refractivity contribution is 7.11. The largest absolute Gasteiger partial charge is 0.312 e. The lowest BCUT2D eigenvalue weighted by Crippen LogP contribution is -2.29. The third-order valence-electron chi connectivity index (χ3n) is 3.13. The Morgan fingerprint density at radius 2 is 2.12 bits per heavy atom. The quantitative estimate of drug-likeness (QED) is 0.852. The van der Waals surface area contributed by atoms with Gasteiger partial charge in [0.2, 0.25) is 0 Å². The molecule has 0 aliphatic carbocycles. The molecule has 0 aliphatic rings. The van der Waals surface area contributed by atoms with Gasteiger partial charge < -0.3 is 5.32 Å². The Bertz CT molecular complexity index is 312. The summed E-state index contributed by atoms with van der Waals surface area (Å²) in [5.41, 5.74) is 0.384. The third kappa shape index (κ3) is 4.22. The summed E-state index contributed by atoms with van der Waals surface area (Å²) in [5, 5.41) is 4.75. The molecule has 0 fully saturated rings. The fourth-order valence-corrected chi connectivity index (χ4v) is 2.14. The number of hydrogen-bond acceptors (Lipinski definition) is 3. The highest BCUT2D eigenvalue weighted by Gasteiger charge is 2.19. The molecule has 1 heterocycles. The Balaban J connectivity index is 2.30. The summed E-state index contributed by atoms with van der Waals surface area (Å²) in [6.07, 6.45) is 3.04. The predicted octanol–water partition coefficient (Wildman–Crippen LogP) is 3.48. The van der Waals surface area contributed by atoms with Crippen LogP contribution in [0.5, 0.6) is 0 Å². The van der Waals surface area contributed by atoms with E-state index in [-0.39, 0.29) is 0 Å². The van der Waals surface area contributed by atoms with Crippen molar-refractivity contribution >= 4 is 11.3 Å². The molecule has 0 aliphatic heterocycles. The third-order valence-corrected chi connectivity index (χ3v) is 4.27. The molecule has 1 aromatic heterocycles. The van der Waals surface area contributed by atoms with E-state index in [9.17, 15) is 0 Å². The molecule has 0 bridgehead atoms. The van der Waals surface area contributed by atoms with Gasteiger partial charge in [0.05, 0.1) is 5.01 Å². The standard InChI is InChI=1S/C13H24N2S/c1-6-12-15-9-11(16-12)8-14-7-10(2)13(3,4)5/h9-10,14H,6-8H2,1-5H3. The maximum Gasteiger partial charge on any atom is 0.0925 e. The molecular weight excluding hydrogens is 216 g/mol. The van der Waals surface area contributed by atoms with E-state index in [1.165, 1.54) is 9.88 Å². The average Bonchev–Trinajstić information content (AvgIpc) is 2.64. The summed E-state index contributed by atoms with van der Waals surface area (Å²) < 4.78 is 0. The SMILES string of the molecule is CCc1ncc(CNCC(C)C(C)(C)C)s1. The first-order valence-corrected chi connectivity index (χ1v) is 6.89. The van der Waals surface area contributed by atoms with Crippen LogP contribution < -0.4 is 5.32 Å². The minimum absolute atomic E-state index is 0.384.